The normalized spacial score (nSPS) is 11.3. The van der Waals surface area contributed by atoms with Crippen LogP contribution < -0.4 is 9.64 Å². The van der Waals surface area contributed by atoms with Crippen molar-refractivity contribution in [3.8, 4) is 5.75 Å². The number of methoxy groups -OCH3 is 2. The monoisotopic (exact) mass is 354 g/mol. The summed E-state index contributed by atoms with van der Waals surface area (Å²) in [5.74, 6) is -0.947. The Hall–Kier alpha value is -3.22. The van der Waals surface area contributed by atoms with Crippen molar-refractivity contribution in [1.29, 1.82) is 0 Å². The molecule has 0 aliphatic carbocycles. The molecule has 1 amide bonds. The third-order valence-electron chi connectivity index (χ3n) is 3.89. The molecule has 0 saturated carbocycles. The van der Waals surface area contributed by atoms with Gasteiger partial charge in [0.15, 0.2) is 0 Å². The van der Waals surface area contributed by atoms with E-state index in [0.29, 0.717) is 24.4 Å². The first kappa shape index (κ1) is 19.1. The van der Waals surface area contributed by atoms with E-state index < -0.39 is 17.9 Å². The summed E-state index contributed by atoms with van der Waals surface area (Å²) in [6.07, 6.45) is 0.567. The number of rotatable bonds is 8. The topological polar surface area (TPSA) is 90.5 Å². The summed E-state index contributed by atoms with van der Waals surface area (Å²) in [6, 6.07) is 14.8. The molecule has 1 atom stereocenters. The second-order valence-electron chi connectivity index (χ2n) is 5.46. The van der Waals surface area contributed by atoms with Gasteiger partial charge in [-0.15, -0.1) is 0 Å². The van der Waals surface area contributed by atoms with Crippen LogP contribution in [0.4, 0.5) is 5.69 Å². The molecule has 2 aromatic rings. The Morgan fingerprint density at radius 1 is 1.08 bits per heavy atom. The maximum absolute atomic E-state index is 12.8. The van der Waals surface area contributed by atoms with Gasteiger partial charge in [-0.2, -0.15) is 0 Å². The van der Waals surface area contributed by atoms with Gasteiger partial charge in [-0.05, 0) is 36.2 Å². The standard InChI is InChI=1S/C19H20N3O4/c1-25-16-10-8-15(9-11-16)22(13-12-14-6-4-3-5-7-14)18(23)17(21-20)19(24)26-2/h3-11,17H,12-13H2,1-2H3/q-1. The Labute approximate surface area is 152 Å². The molecule has 7 nitrogen and oxygen atoms in total. The van der Waals surface area contributed by atoms with Crippen LogP contribution in [-0.4, -0.2) is 38.7 Å². The van der Waals surface area contributed by atoms with Gasteiger partial charge in [0.25, 0.3) is 5.91 Å². The minimum absolute atomic E-state index is 0.304. The number of amides is 1. The minimum atomic E-state index is -1.63. The Bertz CT molecular complexity index is 747. The summed E-state index contributed by atoms with van der Waals surface area (Å²) in [4.78, 5) is 25.9. The third kappa shape index (κ3) is 4.66. The molecule has 0 aliphatic heterocycles. The van der Waals surface area contributed by atoms with Crippen molar-refractivity contribution in [2.45, 2.75) is 12.5 Å². The van der Waals surface area contributed by atoms with Crippen molar-refractivity contribution in [3.63, 3.8) is 0 Å². The average Bonchev–Trinajstić information content (AvgIpc) is 2.69. The Kier molecular flexibility index (Phi) is 6.84. The average molecular weight is 354 g/mol. The van der Waals surface area contributed by atoms with Gasteiger partial charge in [0.1, 0.15) is 5.75 Å². The fourth-order valence-corrected chi connectivity index (χ4v) is 2.47. The van der Waals surface area contributed by atoms with Crippen LogP contribution in [0, 0.1) is 0 Å². The number of benzene rings is 2. The number of carbonyl (C=O) groups is 2. The van der Waals surface area contributed by atoms with E-state index in [2.05, 4.69) is 9.85 Å². The highest BCUT2D eigenvalue weighted by Gasteiger charge is 2.29. The molecule has 0 radical (unpaired) electrons. The zero-order chi connectivity index (χ0) is 18.9. The van der Waals surface area contributed by atoms with Gasteiger partial charge in [0.2, 0.25) is 6.04 Å². The van der Waals surface area contributed by atoms with Gasteiger partial charge in [-0.25, -0.2) is 4.79 Å². The van der Waals surface area contributed by atoms with Crippen LogP contribution in [0.1, 0.15) is 5.56 Å². The number of hydrogen-bond acceptors (Lipinski definition) is 5. The lowest BCUT2D eigenvalue weighted by molar-refractivity contribution is -0.145. The summed E-state index contributed by atoms with van der Waals surface area (Å²) >= 11 is 0. The molecule has 0 heterocycles. The molecular weight excluding hydrogens is 334 g/mol. The molecular formula is C19H20N3O4-. The summed E-state index contributed by atoms with van der Waals surface area (Å²) in [5.41, 5.74) is 10.7. The van der Waals surface area contributed by atoms with Crippen molar-refractivity contribution >= 4 is 17.6 Å². The quantitative estimate of drug-likeness (QED) is 0.414. The van der Waals surface area contributed by atoms with Crippen LogP contribution in [0.15, 0.2) is 59.7 Å². The lowest BCUT2D eigenvalue weighted by Crippen LogP contribution is -2.43. The Balaban J connectivity index is 2.28. The molecule has 136 valence electrons. The van der Waals surface area contributed by atoms with E-state index in [4.69, 9.17) is 10.3 Å². The maximum Gasteiger partial charge on any atom is 0.338 e. The van der Waals surface area contributed by atoms with E-state index in [1.807, 2.05) is 30.3 Å². The first-order valence-corrected chi connectivity index (χ1v) is 8.02. The lowest BCUT2D eigenvalue weighted by atomic mass is 10.1. The fraction of sp³-hybridized carbons (Fsp3) is 0.263. The molecule has 2 aromatic carbocycles. The minimum Gasteiger partial charge on any atom is -0.711 e. The molecule has 7 heteroatoms. The number of hydrogen-bond donors (Lipinski definition) is 0. The Morgan fingerprint density at radius 2 is 1.73 bits per heavy atom. The van der Waals surface area contributed by atoms with Crippen molar-refractivity contribution in [2.24, 2.45) is 5.11 Å². The van der Waals surface area contributed by atoms with E-state index in [9.17, 15) is 9.59 Å². The number of carbonyl (C=O) groups excluding carboxylic acids is 2. The molecule has 0 aliphatic rings. The smallest absolute Gasteiger partial charge is 0.338 e. The van der Waals surface area contributed by atoms with E-state index in [-0.39, 0.29) is 0 Å². The van der Waals surface area contributed by atoms with Crippen molar-refractivity contribution in [1.82, 2.24) is 0 Å². The third-order valence-corrected chi connectivity index (χ3v) is 3.89. The highest BCUT2D eigenvalue weighted by atomic mass is 16.5. The van der Waals surface area contributed by atoms with Gasteiger partial charge < -0.3 is 25.0 Å². The van der Waals surface area contributed by atoms with Crippen LogP contribution in [0.5, 0.6) is 5.75 Å². The molecule has 0 saturated heterocycles. The molecule has 26 heavy (non-hydrogen) atoms. The molecule has 0 spiro atoms. The van der Waals surface area contributed by atoms with Crippen LogP contribution in [0.2, 0.25) is 0 Å². The van der Waals surface area contributed by atoms with Gasteiger partial charge in [-0.1, -0.05) is 30.3 Å². The second-order valence-corrected chi connectivity index (χ2v) is 5.46. The lowest BCUT2D eigenvalue weighted by Gasteiger charge is -2.26. The maximum atomic E-state index is 12.8. The van der Waals surface area contributed by atoms with Gasteiger partial charge in [0.05, 0.1) is 14.2 Å². The zero-order valence-electron chi connectivity index (χ0n) is 14.7. The summed E-state index contributed by atoms with van der Waals surface area (Å²) in [7, 11) is 2.68. The van der Waals surface area contributed by atoms with Crippen molar-refractivity contribution in [2.75, 3.05) is 25.7 Å². The largest absolute Gasteiger partial charge is 0.711 e. The fourth-order valence-electron chi connectivity index (χ4n) is 2.47. The number of anilines is 1. The number of ether oxygens (including phenoxy) is 2. The first-order chi connectivity index (χ1) is 12.6. The van der Waals surface area contributed by atoms with Crippen LogP contribution in [0.25, 0.3) is 5.53 Å². The summed E-state index contributed by atoms with van der Waals surface area (Å²) in [5, 5.41) is 2.90. The molecule has 0 aromatic heterocycles. The van der Waals surface area contributed by atoms with E-state index in [1.54, 1.807) is 31.4 Å². The molecule has 0 N–H and O–H groups in total. The first-order valence-electron chi connectivity index (χ1n) is 8.02. The summed E-state index contributed by atoms with van der Waals surface area (Å²) < 4.78 is 9.68. The van der Waals surface area contributed by atoms with Gasteiger partial charge in [-0.3, -0.25) is 4.79 Å². The van der Waals surface area contributed by atoms with Crippen LogP contribution >= 0.6 is 0 Å². The van der Waals surface area contributed by atoms with Gasteiger partial charge >= 0.3 is 5.97 Å². The predicted molar refractivity (Wildman–Crippen MR) is 97.1 cm³/mol. The van der Waals surface area contributed by atoms with E-state index in [1.165, 1.54) is 4.90 Å². The number of nitrogens with zero attached hydrogens (tertiary/aromatic N) is 3. The van der Waals surface area contributed by atoms with Crippen LogP contribution in [-0.2, 0) is 20.7 Å². The zero-order valence-corrected chi connectivity index (χ0v) is 14.7. The highest BCUT2D eigenvalue weighted by molar-refractivity contribution is 6.09. The highest BCUT2D eigenvalue weighted by Crippen LogP contribution is 2.21. The second kappa shape index (κ2) is 9.31. The summed E-state index contributed by atoms with van der Waals surface area (Å²) in [6.45, 7) is 0.304. The van der Waals surface area contributed by atoms with Crippen LogP contribution in [0.3, 0.4) is 0 Å². The Morgan fingerprint density at radius 3 is 2.27 bits per heavy atom. The molecule has 0 fully saturated rings. The van der Waals surface area contributed by atoms with E-state index >= 15 is 0 Å². The van der Waals surface area contributed by atoms with Crippen molar-refractivity contribution in [3.05, 3.63) is 65.7 Å². The van der Waals surface area contributed by atoms with Crippen molar-refractivity contribution < 1.29 is 19.1 Å². The molecule has 0 bridgehead atoms. The number of esters is 1. The SMILES string of the molecule is COC(=O)C(N=[N-])C(=O)N(CCc1ccccc1)c1ccc(OC)cc1. The predicted octanol–water partition coefficient (Wildman–Crippen LogP) is 2.83. The molecule has 1 unspecified atom stereocenters. The molecule has 2 rings (SSSR count). The van der Waals surface area contributed by atoms with Gasteiger partial charge in [0, 0.05) is 12.2 Å². The van der Waals surface area contributed by atoms with E-state index in [0.717, 1.165) is 12.7 Å².